The lowest BCUT2D eigenvalue weighted by molar-refractivity contribution is 0.0509. The fourth-order valence-corrected chi connectivity index (χ4v) is 3.17. The van der Waals surface area contributed by atoms with Gasteiger partial charge in [0.25, 0.3) is 0 Å². The van der Waals surface area contributed by atoms with Crippen LogP contribution in [0.25, 0.3) is 0 Å². The Labute approximate surface area is 138 Å². The molecule has 1 aromatic carbocycles. The highest BCUT2D eigenvalue weighted by Crippen LogP contribution is 2.19. The van der Waals surface area contributed by atoms with Gasteiger partial charge < -0.3 is 10.1 Å². The number of urea groups is 1. The van der Waals surface area contributed by atoms with Crippen molar-refractivity contribution < 1.29 is 14.3 Å². The number of benzene rings is 1. The van der Waals surface area contributed by atoms with Crippen LogP contribution in [0, 0.1) is 6.92 Å². The zero-order valence-electron chi connectivity index (χ0n) is 12.7. The van der Waals surface area contributed by atoms with Gasteiger partial charge in [0.15, 0.2) is 0 Å². The standard InChI is InChI=1S/C16H17N3O3S/c1-11-14(23-10-18-11)5-8-22-15(20)12-3-2-4-13(9-12)19-7-6-17-16(19)21/h2-4,9-10H,5-8H2,1H3,(H,17,21). The van der Waals surface area contributed by atoms with Gasteiger partial charge in [-0.2, -0.15) is 0 Å². The second-order valence-corrected chi connectivity index (χ2v) is 6.12. The fraction of sp³-hybridized carbons (Fsp3) is 0.312. The van der Waals surface area contributed by atoms with Crippen LogP contribution in [0.1, 0.15) is 20.9 Å². The molecule has 2 heterocycles. The molecule has 23 heavy (non-hydrogen) atoms. The summed E-state index contributed by atoms with van der Waals surface area (Å²) in [6, 6.07) is 6.80. The smallest absolute Gasteiger partial charge is 0.338 e. The van der Waals surface area contributed by atoms with Crippen LogP contribution in [-0.2, 0) is 11.2 Å². The number of anilines is 1. The highest BCUT2D eigenvalue weighted by Gasteiger charge is 2.22. The second-order valence-electron chi connectivity index (χ2n) is 5.18. The van der Waals surface area contributed by atoms with E-state index in [9.17, 15) is 9.59 Å². The summed E-state index contributed by atoms with van der Waals surface area (Å²) in [4.78, 5) is 30.7. The van der Waals surface area contributed by atoms with Gasteiger partial charge in [0, 0.05) is 30.1 Å². The summed E-state index contributed by atoms with van der Waals surface area (Å²) in [5.74, 6) is -0.381. The van der Waals surface area contributed by atoms with E-state index in [-0.39, 0.29) is 12.0 Å². The molecule has 0 saturated carbocycles. The zero-order chi connectivity index (χ0) is 16.2. The normalized spacial score (nSPS) is 14.0. The molecule has 0 spiro atoms. The Morgan fingerprint density at radius 1 is 1.48 bits per heavy atom. The Balaban J connectivity index is 1.61. The molecule has 1 fully saturated rings. The lowest BCUT2D eigenvalue weighted by Crippen LogP contribution is -2.27. The predicted octanol–water partition coefficient (Wildman–Crippen LogP) is 2.38. The van der Waals surface area contributed by atoms with E-state index in [4.69, 9.17) is 4.74 Å². The van der Waals surface area contributed by atoms with Crippen LogP contribution in [-0.4, -0.2) is 36.7 Å². The number of aromatic nitrogens is 1. The van der Waals surface area contributed by atoms with E-state index in [0.29, 0.717) is 37.4 Å². The summed E-state index contributed by atoms with van der Waals surface area (Å²) in [7, 11) is 0. The van der Waals surface area contributed by atoms with Crippen LogP contribution in [0.3, 0.4) is 0 Å². The van der Waals surface area contributed by atoms with Crippen molar-refractivity contribution in [3.05, 3.63) is 45.9 Å². The molecule has 2 aromatic rings. The van der Waals surface area contributed by atoms with Crippen molar-refractivity contribution in [3.8, 4) is 0 Å². The highest BCUT2D eigenvalue weighted by atomic mass is 32.1. The van der Waals surface area contributed by atoms with Crippen molar-refractivity contribution >= 4 is 29.0 Å². The predicted molar refractivity (Wildman–Crippen MR) is 88.0 cm³/mol. The summed E-state index contributed by atoms with van der Waals surface area (Å²) < 4.78 is 5.32. The maximum absolute atomic E-state index is 12.2. The molecule has 3 rings (SSSR count). The number of esters is 1. The first kappa shape index (κ1) is 15.5. The van der Waals surface area contributed by atoms with Gasteiger partial charge in [-0.25, -0.2) is 14.6 Å². The van der Waals surface area contributed by atoms with Crippen molar-refractivity contribution in [2.24, 2.45) is 0 Å². The zero-order valence-corrected chi connectivity index (χ0v) is 13.6. The van der Waals surface area contributed by atoms with E-state index in [2.05, 4.69) is 10.3 Å². The molecule has 1 aliphatic heterocycles. The van der Waals surface area contributed by atoms with Crippen LogP contribution in [0.4, 0.5) is 10.5 Å². The van der Waals surface area contributed by atoms with Gasteiger partial charge in [-0.05, 0) is 25.1 Å². The fourth-order valence-electron chi connectivity index (χ4n) is 2.40. The molecule has 0 atom stereocenters. The van der Waals surface area contributed by atoms with Gasteiger partial charge in [-0.3, -0.25) is 4.90 Å². The van der Waals surface area contributed by atoms with Crippen LogP contribution in [0.2, 0.25) is 0 Å². The number of ether oxygens (including phenoxy) is 1. The van der Waals surface area contributed by atoms with E-state index in [1.807, 2.05) is 13.0 Å². The molecule has 120 valence electrons. The van der Waals surface area contributed by atoms with Crippen molar-refractivity contribution in [3.63, 3.8) is 0 Å². The SMILES string of the molecule is Cc1ncsc1CCOC(=O)c1cccc(N2CCNC2=O)c1. The van der Waals surface area contributed by atoms with E-state index in [1.54, 1.807) is 39.9 Å². The van der Waals surface area contributed by atoms with E-state index < -0.39 is 0 Å². The second kappa shape index (κ2) is 6.78. The first-order valence-electron chi connectivity index (χ1n) is 7.36. The summed E-state index contributed by atoms with van der Waals surface area (Å²) in [5.41, 5.74) is 3.92. The van der Waals surface area contributed by atoms with Gasteiger partial charge in [0.1, 0.15) is 0 Å². The molecule has 0 radical (unpaired) electrons. The van der Waals surface area contributed by atoms with Crippen molar-refractivity contribution in [2.75, 3.05) is 24.6 Å². The summed E-state index contributed by atoms with van der Waals surface area (Å²) in [6.45, 7) is 3.47. The number of hydrogen-bond acceptors (Lipinski definition) is 5. The molecule has 1 saturated heterocycles. The number of nitrogens with zero attached hydrogens (tertiary/aromatic N) is 2. The quantitative estimate of drug-likeness (QED) is 0.854. The molecule has 6 nitrogen and oxygen atoms in total. The van der Waals surface area contributed by atoms with Gasteiger partial charge in [-0.15, -0.1) is 11.3 Å². The number of thiazole rings is 1. The number of carbonyl (C=O) groups excluding carboxylic acids is 2. The lowest BCUT2D eigenvalue weighted by atomic mass is 10.2. The lowest BCUT2D eigenvalue weighted by Gasteiger charge is -2.15. The van der Waals surface area contributed by atoms with Gasteiger partial charge in [0.2, 0.25) is 0 Å². The Kier molecular flexibility index (Phi) is 4.57. The molecule has 1 aromatic heterocycles. The number of hydrogen-bond donors (Lipinski definition) is 1. The van der Waals surface area contributed by atoms with Crippen molar-refractivity contribution in [1.82, 2.24) is 10.3 Å². The minimum Gasteiger partial charge on any atom is -0.462 e. The minimum atomic E-state index is -0.381. The van der Waals surface area contributed by atoms with Crippen LogP contribution in [0.5, 0.6) is 0 Å². The van der Waals surface area contributed by atoms with Gasteiger partial charge in [0.05, 0.1) is 23.4 Å². The Morgan fingerprint density at radius 3 is 3.04 bits per heavy atom. The Hall–Kier alpha value is -2.41. The number of nitrogens with one attached hydrogen (secondary N) is 1. The van der Waals surface area contributed by atoms with E-state index in [1.165, 1.54) is 0 Å². The van der Waals surface area contributed by atoms with Crippen molar-refractivity contribution in [2.45, 2.75) is 13.3 Å². The minimum absolute atomic E-state index is 0.142. The Morgan fingerprint density at radius 2 is 2.35 bits per heavy atom. The largest absolute Gasteiger partial charge is 0.462 e. The molecule has 2 amide bonds. The van der Waals surface area contributed by atoms with E-state index in [0.717, 1.165) is 10.6 Å². The third-order valence-corrected chi connectivity index (χ3v) is 4.65. The molecule has 0 unspecified atom stereocenters. The third kappa shape index (κ3) is 3.50. The Bertz CT molecular complexity index is 729. The maximum Gasteiger partial charge on any atom is 0.338 e. The number of aryl methyl sites for hydroxylation is 1. The number of carbonyl (C=O) groups is 2. The van der Waals surface area contributed by atoms with Crippen LogP contribution < -0.4 is 10.2 Å². The third-order valence-electron chi connectivity index (χ3n) is 3.66. The molecule has 7 heteroatoms. The monoisotopic (exact) mass is 331 g/mol. The van der Waals surface area contributed by atoms with Crippen molar-refractivity contribution in [1.29, 1.82) is 0 Å². The van der Waals surface area contributed by atoms with Gasteiger partial charge in [-0.1, -0.05) is 6.07 Å². The van der Waals surface area contributed by atoms with E-state index >= 15 is 0 Å². The molecular weight excluding hydrogens is 314 g/mol. The average Bonchev–Trinajstić information content (AvgIpc) is 3.16. The number of amides is 2. The summed E-state index contributed by atoms with van der Waals surface area (Å²) in [6.07, 6.45) is 0.663. The van der Waals surface area contributed by atoms with Crippen LogP contribution in [0.15, 0.2) is 29.8 Å². The maximum atomic E-state index is 12.2. The van der Waals surface area contributed by atoms with Gasteiger partial charge >= 0.3 is 12.0 Å². The molecule has 1 aliphatic rings. The molecular formula is C16H17N3O3S. The molecule has 0 aliphatic carbocycles. The topological polar surface area (TPSA) is 71.5 Å². The highest BCUT2D eigenvalue weighted by molar-refractivity contribution is 7.09. The summed E-state index contributed by atoms with van der Waals surface area (Å²) >= 11 is 1.56. The molecule has 1 N–H and O–H groups in total. The first-order chi connectivity index (χ1) is 11.1. The summed E-state index contributed by atoms with van der Waals surface area (Å²) in [5, 5.41) is 2.74. The first-order valence-corrected chi connectivity index (χ1v) is 8.24. The van der Waals surface area contributed by atoms with Crippen LogP contribution >= 0.6 is 11.3 Å². The average molecular weight is 331 g/mol. The number of rotatable bonds is 5. The molecule has 0 bridgehead atoms.